The van der Waals surface area contributed by atoms with Gasteiger partial charge < -0.3 is 13.9 Å². The number of rotatable bonds is 8. The Hall–Kier alpha value is -2.68. The van der Waals surface area contributed by atoms with Crippen LogP contribution in [0.3, 0.4) is 0 Å². The smallest absolute Gasteiger partial charge is 0.190 e. The summed E-state index contributed by atoms with van der Waals surface area (Å²) in [6, 6.07) is 13.8. The van der Waals surface area contributed by atoms with E-state index in [0.717, 1.165) is 60.7 Å². The maximum atomic E-state index is 13.0. The fourth-order valence-corrected chi connectivity index (χ4v) is 6.33. The molecule has 1 saturated heterocycles. The fraction of sp³-hybridized carbons (Fsp3) is 0.448. The van der Waals surface area contributed by atoms with Crippen LogP contribution < -0.4 is 10.9 Å². The first-order chi connectivity index (χ1) is 17.7. The third-order valence-corrected chi connectivity index (χ3v) is 9.50. The Morgan fingerprint density at radius 2 is 1.95 bits per heavy atom. The zero-order valence-corrected chi connectivity index (χ0v) is 23.9. The van der Waals surface area contributed by atoms with E-state index in [1.54, 1.807) is 12.3 Å². The summed E-state index contributed by atoms with van der Waals surface area (Å²) in [6.07, 6.45) is 7.03. The maximum absolute atomic E-state index is 13.0. The Morgan fingerprint density at radius 1 is 1.16 bits per heavy atom. The first kappa shape index (κ1) is 25.9. The molecule has 2 atom stereocenters. The van der Waals surface area contributed by atoms with Crippen LogP contribution in [0, 0.1) is 5.92 Å². The summed E-state index contributed by atoms with van der Waals surface area (Å²) in [4.78, 5) is 20.3. The van der Waals surface area contributed by atoms with Crippen molar-refractivity contribution < 1.29 is 4.74 Å². The number of likely N-dealkylation sites (tertiary alicyclic amines) is 1. The van der Waals surface area contributed by atoms with E-state index in [1.165, 1.54) is 5.56 Å². The number of aromatic nitrogens is 3. The summed E-state index contributed by atoms with van der Waals surface area (Å²) >= 11 is 0. The number of ether oxygens (including phenoxy) is 1. The monoisotopic (exact) mass is 514 g/mol. The second kappa shape index (κ2) is 10.6. The molecule has 4 aromatic rings. The molecule has 0 amide bonds. The molecule has 3 aromatic heterocycles. The van der Waals surface area contributed by atoms with E-state index in [9.17, 15) is 4.79 Å². The Kier molecular flexibility index (Phi) is 7.43. The number of benzene rings is 1. The van der Waals surface area contributed by atoms with E-state index < -0.39 is 8.07 Å². The highest BCUT2D eigenvalue weighted by Gasteiger charge is 2.29. The summed E-state index contributed by atoms with van der Waals surface area (Å²) in [5, 5.41) is 1.76. The molecule has 8 heteroatoms. The van der Waals surface area contributed by atoms with Crippen molar-refractivity contribution in [3.05, 3.63) is 70.8 Å². The molecule has 1 aliphatic heterocycles. The average Bonchev–Trinajstić information content (AvgIpc) is 3.19. The molecule has 1 aliphatic rings. The number of piperidine rings is 1. The van der Waals surface area contributed by atoms with Gasteiger partial charge in [-0.2, -0.15) is 0 Å². The zero-order valence-electron chi connectivity index (χ0n) is 22.9. The van der Waals surface area contributed by atoms with Gasteiger partial charge in [-0.3, -0.25) is 9.69 Å². The predicted octanol–water partition coefficient (Wildman–Crippen LogP) is 4.01. The molecule has 37 heavy (non-hydrogen) atoms. The van der Waals surface area contributed by atoms with Crippen LogP contribution in [0.15, 0.2) is 59.8 Å². The van der Waals surface area contributed by atoms with Gasteiger partial charge in [-0.05, 0) is 30.5 Å². The Bertz CT molecular complexity index is 1440. The van der Waals surface area contributed by atoms with E-state index in [0.29, 0.717) is 18.0 Å². The number of hydrogen-bond acceptors (Lipinski definition) is 4. The zero-order chi connectivity index (χ0) is 26.2. The predicted molar refractivity (Wildman–Crippen MR) is 158 cm³/mol. The van der Waals surface area contributed by atoms with Crippen molar-refractivity contribution in [2.75, 3.05) is 19.7 Å². The van der Waals surface area contributed by atoms with Crippen molar-refractivity contribution in [2.45, 2.75) is 58.3 Å². The standard InChI is InChI=1S/C29H39BN4O2Si/c1-21-10-12-32(17-22-8-6-5-7-9-22)19-25(21)34-13-11-26(35)23-16-31-29-27(28(23)34)24(30)18-33(29)20-36-14-15-37(2,3)4/h5-9,11,13,16,18,21,25H,10,12,14-15,17,19-20,30H2,1-4H3/t21-,25+/m1/s1. The minimum atomic E-state index is -1.14. The van der Waals surface area contributed by atoms with Gasteiger partial charge in [-0.1, -0.05) is 62.4 Å². The van der Waals surface area contributed by atoms with Gasteiger partial charge in [0.2, 0.25) is 0 Å². The molecule has 6 nitrogen and oxygen atoms in total. The normalized spacial score (nSPS) is 19.1. The molecule has 194 valence electrons. The number of fused-ring (bicyclic) bond motifs is 3. The lowest BCUT2D eigenvalue weighted by molar-refractivity contribution is 0.0900. The van der Waals surface area contributed by atoms with Crippen LogP contribution in [0.1, 0.15) is 24.9 Å². The van der Waals surface area contributed by atoms with Gasteiger partial charge in [0.15, 0.2) is 5.43 Å². The molecule has 0 N–H and O–H groups in total. The Balaban J connectivity index is 1.51. The first-order valence-electron chi connectivity index (χ1n) is 13.5. The lowest BCUT2D eigenvalue weighted by Gasteiger charge is -2.39. The quantitative estimate of drug-likeness (QED) is 0.264. The first-order valence-corrected chi connectivity index (χ1v) is 17.3. The van der Waals surface area contributed by atoms with E-state index in [1.807, 2.05) is 6.20 Å². The third-order valence-electron chi connectivity index (χ3n) is 7.79. The van der Waals surface area contributed by atoms with Gasteiger partial charge in [0, 0.05) is 63.9 Å². The molecule has 5 rings (SSSR count). The van der Waals surface area contributed by atoms with Crippen LogP contribution in [0.5, 0.6) is 0 Å². The van der Waals surface area contributed by atoms with Crippen LogP contribution in [0.2, 0.25) is 25.7 Å². The third kappa shape index (κ3) is 5.61. The molecule has 0 saturated carbocycles. The summed E-state index contributed by atoms with van der Waals surface area (Å²) in [6.45, 7) is 13.7. The molecular weight excluding hydrogens is 475 g/mol. The van der Waals surface area contributed by atoms with Crippen molar-refractivity contribution in [3.63, 3.8) is 0 Å². The van der Waals surface area contributed by atoms with Crippen LogP contribution in [0.4, 0.5) is 0 Å². The van der Waals surface area contributed by atoms with Crippen LogP contribution in [0.25, 0.3) is 21.9 Å². The second-order valence-corrected chi connectivity index (χ2v) is 17.6. The molecule has 0 spiro atoms. The highest BCUT2D eigenvalue weighted by atomic mass is 28.3. The number of pyridine rings is 2. The summed E-state index contributed by atoms with van der Waals surface area (Å²) in [5.74, 6) is 0.508. The lowest BCUT2D eigenvalue weighted by atomic mass is 9.91. The molecule has 1 aromatic carbocycles. The van der Waals surface area contributed by atoms with E-state index >= 15 is 0 Å². The second-order valence-electron chi connectivity index (χ2n) is 12.0. The summed E-state index contributed by atoms with van der Waals surface area (Å²) in [5.41, 5.74) is 4.40. The van der Waals surface area contributed by atoms with E-state index in [4.69, 9.17) is 9.72 Å². The van der Waals surface area contributed by atoms with Gasteiger partial charge >= 0.3 is 0 Å². The SMILES string of the molecule is Bc1cn(COCC[Si](C)(C)C)c2ncc3c(=O)ccn([C@H]4CN(Cc5ccccc5)CC[C@H]4C)c3c12. The molecule has 4 heterocycles. The van der Waals surface area contributed by atoms with Gasteiger partial charge in [-0.25, -0.2) is 4.98 Å². The largest absolute Gasteiger partial charge is 0.361 e. The molecule has 1 fully saturated rings. The molecule has 0 unspecified atom stereocenters. The van der Waals surface area contributed by atoms with Crippen molar-refractivity contribution in [3.8, 4) is 0 Å². The molecular formula is C29H39BN4O2Si. The highest BCUT2D eigenvalue weighted by Crippen LogP contribution is 2.32. The Labute approximate surface area is 221 Å². The lowest BCUT2D eigenvalue weighted by Crippen LogP contribution is -2.40. The van der Waals surface area contributed by atoms with Crippen LogP contribution in [-0.4, -0.2) is 54.6 Å². The maximum Gasteiger partial charge on any atom is 0.190 e. The highest BCUT2D eigenvalue weighted by molar-refractivity contribution is 6.76. The summed E-state index contributed by atoms with van der Waals surface area (Å²) < 4.78 is 10.5. The van der Waals surface area contributed by atoms with Crippen LogP contribution >= 0.6 is 0 Å². The summed E-state index contributed by atoms with van der Waals surface area (Å²) in [7, 11) is 0.979. The van der Waals surface area contributed by atoms with Crippen molar-refractivity contribution in [1.82, 2.24) is 19.0 Å². The van der Waals surface area contributed by atoms with Gasteiger partial charge in [0.05, 0.1) is 10.9 Å². The van der Waals surface area contributed by atoms with E-state index in [2.05, 4.69) is 85.0 Å². The average molecular weight is 515 g/mol. The molecule has 0 radical (unpaired) electrons. The van der Waals surface area contributed by atoms with Crippen LogP contribution in [-0.2, 0) is 18.0 Å². The fourth-order valence-electron chi connectivity index (χ4n) is 5.57. The number of hydrogen-bond donors (Lipinski definition) is 0. The minimum Gasteiger partial charge on any atom is -0.361 e. The van der Waals surface area contributed by atoms with Crippen molar-refractivity contribution in [1.29, 1.82) is 0 Å². The van der Waals surface area contributed by atoms with Crippen molar-refractivity contribution in [2.24, 2.45) is 5.92 Å². The molecule has 0 bridgehead atoms. The topological polar surface area (TPSA) is 52.3 Å². The van der Waals surface area contributed by atoms with E-state index in [-0.39, 0.29) is 11.5 Å². The van der Waals surface area contributed by atoms with Crippen molar-refractivity contribution >= 4 is 43.3 Å². The van der Waals surface area contributed by atoms with Gasteiger partial charge in [0.1, 0.15) is 20.2 Å². The Morgan fingerprint density at radius 3 is 2.70 bits per heavy atom. The molecule has 0 aliphatic carbocycles. The minimum absolute atomic E-state index is 0.0313. The van der Waals surface area contributed by atoms with Gasteiger partial charge in [-0.15, -0.1) is 0 Å². The van der Waals surface area contributed by atoms with Gasteiger partial charge in [0.25, 0.3) is 0 Å². The number of nitrogens with zero attached hydrogens (tertiary/aromatic N) is 4.